The van der Waals surface area contributed by atoms with Gasteiger partial charge in [-0.05, 0) is 72.7 Å². The van der Waals surface area contributed by atoms with Crippen LogP contribution >= 0.6 is 0 Å². The van der Waals surface area contributed by atoms with Crippen LogP contribution in [0.3, 0.4) is 0 Å². The van der Waals surface area contributed by atoms with E-state index in [-0.39, 0.29) is 17.7 Å². The lowest BCUT2D eigenvalue weighted by Gasteiger charge is -2.18. The lowest BCUT2D eigenvalue weighted by atomic mass is 10.0. The van der Waals surface area contributed by atoms with Gasteiger partial charge in [-0.3, -0.25) is 4.79 Å². The molecule has 39 heavy (non-hydrogen) atoms. The highest BCUT2D eigenvalue weighted by Crippen LogP contribution is 2.36. The number of alkyl halides is 3. The highest BCUT2D eigenvalue weighted by molar-refractivity contribution is 5.85. The predicted molar refractivity (Wildman–Crippen MR) is 143 cm³/mol. The summed E-state index contributed by atoms with van der Waals surface area (Å²) in [5.74, 6) is 1.27. The van der Waals surface area contributed by atoms with Gasteiger partial charge < -0.3 is 13.9 Å². The zero-order valence-electron chi connectivity index (χ0n) is 21.1. The van der Waals surface area contributed by atoms with E-state index in [0.717, 1.165) is 65.6 Å². The smallest absolute Gasteiger partial charge is 0.416 e. The Bertz CT molecular complexity index is 1700. The van der Waals surface area contributed by atoms with Crippen molar-refractivity contribution in [2.24, 2.45) is 11.8 Å². The molecule has 0 radical (unpaired) electrons. The Balaban J connectivity index is 1.24. The van der Waals surface area contributed by atoms with Crippen LogP contribution in [-0.4, -0.2) is 33.4 Å². The topological polar surface area (TPSA) is 51.3 Å². The van der Waals surface area contributed by atoms with Crippen LogP contribution in [0.2, 0.25) is 0 Å². The van der Waals surface area contributed by atoms with Crippen molar-refractivity contribution in [3.63, 3.8) is 0 Å². The normalized spacial score (nSPS) is 17.9. The fourth-order valence-electron chi connectivity index (χ4n) is 5.70. The molecule has 0 bridgehead atoms. The number of halogens is 3. The van der Waals surface area contributed by atoms with E-state index in [1.807, 2.05) is 51.9 Å². The molecular formula is C31H26F3N3O2. The van der Waals surface area contributed by atoms with E-state index in [9.17, 15) is 18.0 Å². The van der Waals surface area contributed by atoms with E-state index in [2.05, 4.69) is 6.07 Å². The second-order valence-electron chi connectivity index (χ2n) is 10.7. The fraction of sp³-hybridized carbons (Fsp3) is 0.290. The van der Waals surface area contributed by atoms with Crippen LogP contribution in [0, 0.1) is 11.8 Å². The van der Waals surface area contributed by atoms with Gasteiger partial charge in [-0.25, -0.2) is 4.98 Å². The molecule has 3 heterocycles. The molecule has 1 unspecified atom stereocenters. The number of carbonyl (C=O) groups is 1. The van der Waals surface area contributed by atoms with Crippen molar-refractivity contribution in [3.05, 3.63) is 78.6 Å². The Hall–Kier alpha value is -4.07. The number of benzene rings is 3. The van der Waals surface area contributed by atoms with Crippen LogP contribution in [0.15, 0.2) is 77.4 Å². The predicted octanol–water partition coefficient (Wildman–Crippen LogP) is 7.39. The van der Waals surface area contributed by atoms with Gasteiger partial charge in [0.25, 0.3) is 0 Å². The number of nitrogens with zero attached hydrogens (tertiary/aromatic N) is 3. The summed E-state index contributed by atoms with van der Waals surface area (Å²) in [5, 5.41) is 1.02. The molecule has 1 saturated carbocycles. The second-order valence-corrected chi connectivity index (χ2v) is 10.7. The van der Waals surface area contributed by atoms with Crippen molar-refractivity contribution in [2.75, 3.05) is 13.1 Å². The van der Waals surface area contributed by atoms with Gasteiger partial charge in [-0.15, -0.1) is 0 Å². The van der Waals surface area contributed by atoms with E-state index < -0.39 is 11.7 Å². The second kappa shape index (κ2) is 9.00. The van der Waals surface area contributed by atoms with Crippen LogP contribution in [0.5, 0.6) is 0 Å². The number of likely N-dealkylation sites (tertiary alicyclic amines) is 1. The highest BCUT2D eigenvalue weighted by Gasteiger charge is 2.37. The molecule has 1 atom stereocenters. The van der Waals surface area contributed by atoms with Gasteiger partial charge in [0.1, 0.15) is 11.4 Å². The Morgan fingerprint density at radius 3 is 2.46 bits per heavy atom. The number of aromatic nitrogens is 2. The molecule has 1 aliphatic carbocycles. The van der Waals surface area contributed by atoms with E-state index in [1.54, 1.807) is 6.26 Å². The van der Waals surface area contributed by atoms with Crippen LogP contribution in [0.4, 0.5) is 13.2 Å². The van der Waals surface area contributed by atoms with Crippen molar-refractivity contribution in [1.82, 2.24) is 14.5 Å². The molecule has 2 aromatic heterocycles. The SMILES string of the molecule is O=C(C1CC1)N1CCC(Cn2c(-c3ccc(-c4ccc5occc5c4)cc3)nc3cc(C(F)(F)F)ccc32)C1. The Morgan fingerprint density at radius 1 is 0.923 bits per heavy atom. The first kappa shape index (κ1) is 24.0. The molecule has 7 rings (SSSR count). The summed E-state index contributed by atoms with van der Waals surface area (Å²) >= 11 is 0. The molecule has 5 aromatic rings. The fourth-order valence-corrected chi connectivity index (χ4v) is 5.70. The summed E-state index contributed by atoms with van der Waals surface area (Å²) in [6, 6.07) is 19.6. The van der Waals surface area contributed by atoms with Gasteiger partial charge in [0.15, 0.2) is 0 Å². The van der Waals surface area contributed by atoms with Gasteiger partial charge in [-0.2, -0.15) is 13.2 Å². The molecule has 0 spiro atoms. The maximum absolute atomic E-state index is 13.5. The van der Waals surface area contributed by atoms with E-state index >= 15 is 0 Å². The largest absolute Gasteiger partial charge is 0.464 e. The van der Waals surface area contributed by atoms with Crippen molar-refractivity contribution in [3.8, 4) is 22.5 Å². The lowest BCUT2D eigenvalue weighted by molar-refractivity contribution is -0.137. The van der Waals surface area contributed by atoms with Gasteiger partial charge in [0.2, 0.25) is 5.91 Å². The summed E-state index contributed by atoms with van der Waals surface area (Å²) in [6.07, 6.45) is 0.0455. The highest BCUT2D eigenvalue weighted by atomic mass is 19.4. The van der Waals surface area contributed by atoms with Gasteiger partial charge in [0.05, 0.1) is 22.9 Å². The Kier molecular flexibility index (Phi) is 5.54. The number of rotatable bonds is 5. The zero-order valence-corrected chi connectivity index (χ0v) is 21.1. The molecule has 198 valence electrons. The number of carbonyl (C=O) groups excluding carboxylic acids is 1. The summed E-state index contributed by atoms with van der Waals surface area (Å²) in [6.45, 7) is 1.99. The third-order valence-electron chi connectivity index (χ3n) is 7.97. The minimum atomic E-state index is -4.44. The maximum atomic E-state index is 13.5. The van der Waals surface area contributed by atoms with Crippen molar-refractivity contribution < 1.29 is 22.4 Å². The first-order chi connectivity index (χ1) is 18.8. The van der Waals surface area contributed by atoms with Crippen LogP contribution < -0.4 is 0 Å². The van der Waals surface area contributed by atoms with Gasteiger partial charge in [0, 0.05) is 36.5 Å². The first-order valence-electron chi connectivity index (χ1n) is 13.3. The summed E-state index contributed by atoms with van der Waals surface area (Å²) < 4.78 is 47.9. The average Bonchev–Trinajstić information content (AvgIpc) is 3.33. The quantitative estimate of drug-likeness (QED) is 0.239. The van der Waals surface area contributed by atoms with Crippen LogP contribution in [0.25, 0.3) is 44.5 Å². The molecular weight excluding hydrogens is 503 g/mol. The molecule has 5 nitrogen and oxygen atoms in total. The summed E-state index contributed by atoms with van der Waals surface area (Å²) in [5.41, 5.74) is 4.00. The number of hydrogen-bond acceptors (Lipinski definition) is 3. The van der Waals surface area contributed by atoms with Gasteiger partial charge in [-0.1, -0.05) is 30.3 Å². The van der Waals surface area contributed by atoms with Gasteiger partial charge >= 0.3 is 6.18 Å². The number of hydrogen-bond donors (Lipinski definition) is 0. The number of amides is 1. The van der Waals surface area contributed by atoms with Crippen molar-refractivity contribution in [1.29, 1.82) is 0 Å². The monoisotopic (exact) mass is 529 g/mol. The van der Waals surface area contributed by atoms with Crippen molar-refractivity contribution in [2.45, 2.75) is 32.0 Å². The molecule has 3 aromatic carbocycles. The molecule has 1 amide bonds. The molecule has 0 N–H and O–H groups in total. The Morgan fingerprint density at radius 2 is 1.69 bits per heavy atom. The van der Waals surface area contributed by atoms with E-state index in [4.69, 9.17) is 9.40 Å². The summed E-state index contributed by atoms with van der Waals surface area (Å²) in [7, 11) is 0. The van der Waals surface area contributed by atoms with Crippen molar-refractivity contribution >= 4 is 27.9 Å². The summed E-state index contributed by atoms with van der Waals surface area (Å²) in [4.78, 5) is 19.2. The molecule has 2 aliphatic rings. The minimum absolute atomic E-state index is 0.182. The van der Waals surface area contributed by atoms with Crippen LogP contribution in [-0.2, 0) is 17.5 Å². The third-order valence-corrected chi connectivity index (χ3v) is 7.97. The number of furan rings is 1. The Labute approximate surface area is 222 Å². The minimum Gasteiger partial charge on any atom is -0.464 e. The molecule has 8 heteroatoms. The number of fused-ring (bicyclic) bond motifs is 2. The average molecular weight is 530 g/mol. The molecule has 2 fully saturated rings. The number of imidazole rings is 1. The van der Waals surface area contributed by atoms with E-state index in [1.165, 1.54) is 6.07 Å². The van der Waals surface area contributed by atoms with E-state index in [0.29, 0.717) is 29.9 Å². The molecule has 1 saturated heterocycles. The third kappa shape index (κ3) is 4.47. The standard InChI is InChI=1S/C31H26F3N3O2/c32-31(33,34)25-8-9-27-26(16-25)35-29(37(27)18-19-11-13-36(17-19)30(38)22-5-6-22)21-3-1-20(2-4-21)23-7-10-28-24(15-23)12-14-39-28/h1-4,7-10,12,14-16,19,22H,5-6,11,13,17-18H2. The maximum Gasteiger partial charge on any atom is 0.416 e. The van der Waals surface area contributed by atoms with Crippen LogP contribution in [0.1, 0.15) is 24.8 Å². The molecule has 1 aliphatic heterocycles. The first-order valence-corrected chi connectivity index (χ1v) is 13.3. The lowest BCUT2D eigenvalue weighted by Crippen LogP contribution is -2.30. The zero-order chi connectivity index (χ0) is 26.7.